The minimum atomic E-state index is -4.44. The fourth-order valence-corrected chi connectivity index (χ4v) is 2.14. The van der Waals surface area contributed by atoms with Gasteiger partial charge in [0.2, 0.25) is 0 Å². The molecule has 0 unspecified atom stereocenters. The first kappa shape index (κ1) is 16.6. The van der Waals surface area contributed by atoms with E-state index in [0.29, 0.717) is 11.3 Å². The number of nitrogens with one attached hydrogen (secondary N) is 1. The lowest BCUT2D eigenvalue weighted by Gasteiger charge is -2.08. The van der Waals surface area contributed by atoms with Gasteiger partial charge in [-0.05, 0) is 30.3 Å². The third-order valence-corrected chi connectivity index (χ3v) is 3.36. The van der Waals surface area contributed by atoms with Crippen LogP contribution in [0.1, 0.15) is 15.9 Å². The summed E-state index contributed by atoms with van der Waals surface area (Å²) >= 11 is 0. The molecule has 0 atom stereocenters. The topological polar surface area (TPSA) is 75.4 Å². The molecule has 8 heteroatoms. The average molecular weight is 348 g/mol. The van der Waals surface area contributed by atoms with Crippen LogP contribution in [0.25, 0.3) is 11.3 Å². The second-order valence-corrected chi connectivity index (χ2v) is 5.12. The highest BCUT2D eigenvalue weighted by atomic mass is 19.4. The Balaban J connectivity index is 1.79. The Morgan fingerprint density at radius 3 is 2.48 bits per heavy atom. The molecule has 2 N–H and O–H groups in total. The van der Waals surface area contributed by atoms with Gasteiger partial charge >= 0.3 is 12.1 Å². The van der Waals surface area contributed by atoms with E-state index >= 15 is 0 Å². The van der Waals surface area contributed by atoms with Gasteiger partial charge in [-0.25, -0.2) is 9.78 Å². The largest absolute Gasteiger partial charge is 0.478 e. The van der Waals surface area contributed by atoms with E-state index in [9.17, 15) is 18.0 Å². The highest BCUT2D eigenvalue weighted by Gasteiger charge is 2.30. The molecule has 0 aliphatic carbocycles. The predicted molar refractivity (Wildman–Crippen MR) is 83.6 cm³/mol. The van der Waals surface area contributed by atoms with Crippen LogP contribution in [-0.4, -0.2) is 16.1 Å². The lowest BCUT2D eigenvalue weighted by Crippen LogP contribution is -2.05. The summed E-state index contributed by atoms with van der Waals surface area (Å²) in [4.78, 5) is 14.8. The number of rotatable bonds is 4. The molecule has 0 aliphatic heterocycles. The van der Waals surface area contributed by atoms with Crippen molar-refractivity contribution in [3.8, 4) is 11.3 Å². The van der Waals surface area contributed by atoms with Crippen LogP contribution in [0, 0.1) is 0 Å². The summed E-state index contributed by atoms with van der Waals surface area (Å²) in [5.41, 5.74) is 0.123. The van der Waals surface area contributed by atoms with E-state index in [1.54, 1.807) is 12.1 Å². The zero-order valence-electron chi connectivity index (χ0n) is 12.5. The highest BCUT2D eigenvalue weighted by Crippen LogP contribution is 2.32. The van der Waals surface area contributed by atoms with Gasteiger partial charge in [-0.1, -0.05) is 18.2 Å². The lowest BCUT2D eigenvalue weighted by atomic mass is 10.1. The molecule has 2 aromatic carbocycles. The summed E-state index contributed by atoms with van der Waals surface area (Å²) in [6.45, 7) is 0. The summed E-state index contributed by atoms with van der Waals surface area (Å²) in [7, 11) is 0. The first-order chi connectivity index (χ1) is 11.8. The van der Waals surface area contributed by atoms with Crippen LogP contribution < -0.4 is 5.32 Å². The number of nitrogens with zero attached hydrogens (tertiary/aromatic N) is 1. The number of carbonyl (C=O) groups is 1. The maximum absolute atomic E-state index is 12.7. The summed E-state index contributed by atoms with van der Waals surface area (Å²) in [5, 5.41) is 11.5. The van der Waals surface area contributed by atoms with Crippen molar-refractivity contribution in [1.82, 2.24) is 4.98 Å². The van der Waals surface area contributed by atoms with Crippen molar-refractivity contribution < 1.29 is 27.5 Å². The van der Waals surface area contributed by atoms with Crippen molar-refractivity contribution in [2.75, 3.05) is 5.32 Å². The average Bonchev–Trinajstić information content (AvgIpc) is 3.03. The van der Waals surface area contributed by atoms with Crippen LogP contribution in [0.5, 0.6) is 0 Å². The molecule has 0 bridgehead atoms. The molecule has 3 rings (SSSR count). The second-order valence-electron chi connectivity index (χ2n) is 5.12. The normalized spacial score (nSPS) is 11.3. The van der Waals surface area contributed by atoms with Gasteiger partial charge in [0, 0.05) is 11.3 Å². The van der Waals surface area contributed by atoms with Gasteiger partial charge < -0.3 is 14.8 Å². The standard InChI is InChI=1S/C17H11F3N2O3/c18-17(19,20)12-2-1-3-13(8-12)22-16-21-9-14(25-16)10-4-6-11(7-5-10)15(23)24/h1-9H,(H,21,22)(H,23,24). The molecule has 25 heavy (non-hydrogen) atoms. The summed E-state index contributed by atoms with van der Waals surface area (Å²) in [5.74, 6) is -0.692. The molecule has 3 aromatic rings. The Morgan fingerprint density at radius 1 is 1.12 bits per heavy atom. The number of carboxylic acids is 1. The number of anilines is 2. The van der Waals surface area contributed by atoms with Crippen LogP contribution >= 0.6 is 0 Å². The van der Waals surface area contributed by atoms with E-state index in [1.165, 1.54) is 30.5 Å². The number of aromatic carboxylic acids is 1. The molecule has 0 saturated carbocycles. The van der Waals surface area contributed by atoms with Crippen molar-refractivity contribution >= 4 is 17.7 Å². The fourth-order valence-electron chi connectivity index (χ4n) is 2.14. The molecule has 1 heterocycles. The predicted octanol–water partition coefficient (Wildman–Crippen LogP) is 4.80. The third-order valence-electron chi connectivity index (χ3n) is 3.36. The van der Waals surface area contributed by atoms with E-state index in [1.807, 2.05) is 0 Å². The van der Waals surface area contributed by atoms with Crippen LogP contribution in [-0.2, 0) is 6.18 Å². The summed E-state index contributed by atoms with van der Waals surface area (Å²) in [6.07, 6.45) is -3.04. The van der Waals surface area contributed by atoms with E-state index in [0.717, 1.165) is 12.1 Å². The molecule has 0 radical (unpaired) electrons. The van der Waals surface area contributed by atoms with Gasteiger partial charge in [-0.15, -0.1) is 0 Å². The van der Waals surface area contributed by atoms with Crippen molar-refractivity contribution in [3.63, 3.8) is 0 Å². The lowest BCUT2D eigenvalue weighted by molar-refractivity contribution is -0.137. The number of oxazole rings is 1. The Kier molecular flexibility index (Phi) is 4.18. The number of carboxylic acid groups (broad SMARTS) is 1. The maximum Gasteiger partial charge on any atom is 0.416 e. The molecular formula is C17H11F3N2O3. The molecule has 0 amide bonds. The number of hydrogen-bond donors (Lipinski definition) is 2. The van der Waals surface area contributed by atoms with Crippen LogP contribution in [0.4, 0.5) is 24.9 Å². The molecule has 1 aromatic heterocycles. The first-order valence-corrected chi connectivity index (χ1v) is 7.07. The van der Waals surface area contributed by atoms with E-state index in [2.05, 4.69) is 10.3 Å². The van der Waals surface area contributed by atoms with Crippen molar-refractivity contribution in [3.05, 3.63) is 65.9 Å². The zero-order valence-corrected chi connectivity index (χ0v) is 12.5. The number of hydrogen-bond acceptors (Lipinski definition) is 4. The van der Waals surface area contributed by atoms with Gasteiger partial charge in [-0.2, -0.15) is 13.2 Å². The van der Waals surface area contributed by atoms with Crippen molar-refractivity contribution in [2.45, 2.75) is 6.18 Å². The second kappa shape index (κ2) is 6.31. The maximum atomic E-state index is 12.7. The minimum Gasteiger partial charge on any atom is -0.478 e. The zero-order chi connectivity index (χ0) is 18.0. The van der Waals surface area contributed by atoms with Gasteiger partial charge in [-0.3, -0.25) is 0 Å². The fraction of sp³-hybridized carbons (Fsp3) is 0.0588. The molecule has 128 valence electrons. The minimum absolute atomic E-state index is 0.0247. The molecule has 0 fully saturated rings. The van der Waals surface area contributed by atoms with Crippen molar-refractivity contribution in [1.29, 1.82) is 0 Å². The smallest absolute Gasteiger partial charge is 0.416 e. The first-order valence-electron chi connectivity index (χ1n) is 7.07. The number of alkyl halides is 3. The number of halogens is 3. The van der Waals surface area contributed by atoms with Gasteiger partial charge in [0.05, 0.1) is 17.3 Å². The third kappa shape index (κ3) is 3.79. The van der Waals surface area contributed by atoms with Gasteiger partial charge in [0.25, 0.3) is 6.01 Å². The van der Waals surface area contributed by atoms with Crippen LogP contribution in [0.2, 0.25) is 0 Å². The van der Waals surface area contributed by atoms with Crippen LogP contribution in [0.15, 0.2) is 59.1 Å². The highest BCUT2D eigenvalue weighted by molar-refractivity contribution is 5.88. The summed E-state index contributed by atoms with van der Waals surface area (Å²) in [6, 6.07) is 10.6. The monoisotopic (exact) mass is 348 g/mol. The quantitative estimate of drug-likeness (QED) is 0.708. The Bertz CT molecular complexity index is 902. The molecule has 0 aliphatic rings. The SMILES string of the molecule is O=C(O)c1ccc(-c2cnc(Nc3cccc(C(F)(F)F)c3)o2)cc1. The van der Waals surface area contributed by atoms with Gasteiger partial charge in [0.15, 0.2) is 5.76 Å². The van der Waals surface area contributed by atoms with E-state index in [-0.39, 0.29) is 17.3 Å². The Labute approximate surface area is 139 Å². The molecule has 0 saturated heterocycles. The van der Waals surface area contributed by atoms with Crippen molar-refractivity contribution in [2.24, 2.45) is 0 Å². The molecule has 0 spiro atoms. The number of benzene rings is 2. The molecule has 5 nitrogen and oxygen atoms in total. The number of aromatic nitrogens is 1. The van der Waals surface area contributed by atoms with E-state index in [4.69, 9.17) is 9.52 Å². The summed E-state index contributed by atoms with van der Waals surface area (Å²) < 4.78 is 43.6. The van der Waals surface area contributed by atoms with Gasteiger partial charge in [0.1, 0.15) is 0 Å². The Morgan fingerprint density at radius 2 is 1.84 bits per heavy atom. The van der Waals surface area contributed by atoms with Crippen LogP contribution in [0.3, 0.4) is 0 Å². The molecular weight excluding hydrogens is 337 g/mol. The Hall–Kier alpha value is -3.29. The van der Waals surface area contributed by atoms with E-state index < -0.39 is 17.7 Å².